The number of nitrogens with one attached hydrogen (secondary N) is 1. The number of halogens is 1. The van der Waals surface area contributed by atoms with Crippen LogP contribution in [0.3, 0.4) is 0 Å². The zero-order chi connectivity index (χ0) is 13.8. The minimum atomic E-state index is -0.402. The molecule has 104 valence electrons. The number of nitrogens with two attached hydrogens (primary N) is 1. The third-order valence-corrected chi connectivity index (χ3v) is 3.33. The van der Waals surface area contributed by atoms with Gasteiger partial charge in [-0.3, -0.25) is 4.79 Å². The molecule has 1 aromatic carbocycles. The third kappa shape index (κ3) is 3.52. The minimum Gasteiger partial charge on any atom is -0.365 e. The van der Waals surface area contributed by atoms with Crippen molar-refractivity contribution >= 4 is 5.91 Å². The smallest absolute Gasteiger partial charge is 0.249 e. The summed E-state index contributed by atoms with van der Waals surface area (Å²) in [5.74, 6) is -0.518. The number of carbonyl (C=O) groups excluding carboxylic acids is 1. The van der Waals surface area contributed by atoms with Gasteiger partial charge in [-0.25, -0.2) is 4.39 Å². The van der Waals surface area contributed by atoms with Crippen LogP contribution in [-0.2, 0) is 22.6 Å². The molecule has 19 heavy (non-hydrogen) atoms. The van der Waals surface area contributed by atoms with Crippen LogP contribution in [-0.4, -0.2) is 18.1 Å². The molecule has 1 aromatic rings. The van der Waals surface area contributed by atoms with E-state index in [2.05, 4.69) is 5.32 Å². The average Bonchev–Trinajstić information content (AvgIpc) is 2.83. The van der Waals surface area contributed by atoms with Crippen molar-refractivity contribution in [1.29, 1.82) is 0 Å². The van der Waals surface area contributed by atoms with Gasteiger partial charge in [0.2, 0.25) is 5.91 Å². The van der Waals surface area contributed by atoms with Gasteiger partial charge >= 0.3 is 0 Å². The van der Waals surface area contributed by atoms with Gasteiger partial charge in [-0.05, 0) is 31.4 Å². The normalized spacial score (nSPS) is 22.5. The van der Waals surface area contributed by atoms with E-state index in [-0.39, 0.29) is 24.4 Å². The van der Waals surface area contributed by atoms with Gasteiger partial charge in [0.25, 0.3) is 0 Å². The van der Waals surface area contributed by atoms with E-state index in [9.17, 15) is 9.18 Å². The van der Waals surface area contributed by atoms with Crippen LogP contribution in [0.25, 0.3) is 0 Å². The molecule has 0 aliphatic carbocycles. The van der Waals surface area contributed by atoms with Crippen molar-refractivity contribution in [2.45, 2.75) is 45.1 Å². The van der Waals surface area contributed by atoms with Crippen molar-refractivity contribution in [2.24, 2.45) is 5.73 Å². The molecule has 0 bridgehead atoms. The lowest BCUT2D eigenvalue weighted by molar-refractivity contribution is -0.131. The van der Waals surface area contributed by atoms with Crippen LogP contribution in [0.2, 0.25) is 0 Å². The van der Waals surface area contributed by atoms with Gasteiger partial charge in [0.05, 0.1) is 6.10 Å². The summed E-state index contributed by atoms with van der Waals surface area (Å²) < 4.78 is 19.1. The summed E-state index contributed by atoms with van der Waals surface area (Å²) in [6.07, 6.45) is 1.33. The van der Waals surface area contributed by atoms with Gasteiger partial charge < -0.3 is 15.8 Å². The Morgan fingerprint density at radius 2 is 2.32 bits per heavy atom. The maximum atomic E-state index is 13.7. The number of benzene rings is 1. The molecular weight excluding hydrogens is 247 g/mol. The fourth-order valence-electron chi connectivity index (χ4n) is 2.15. The van der Waals surface area contributed by atoms with E-state index in [0.717, 1.165) is 18.4 Å². The molecule has 4 nitrogen and oxygen atoms in total. The zero-order valence-electron chi connectivity index (χ0n) is 11.0. The van der Waals surface area contributed by atoms with Crippen LogP contribution in [0, 0.1) is 5.82 Å². The number of hydrogen-bond acceptors (Lipinski definition) is 3. The lowest BCUT2D eigenvalue weighted by atomic mass is 10.1. The van der Waals surface area contributed by atoms with E-state index in [0.29, 0.717) is 12.1 Å². The molecule has 1 heterocycles. The standard InChI is InChI=1S/C14H19FN2O2/c1-9-2-5-13(19-9)14(18)17-8-11-4-3-10(7-16)6-12(11)15/h3-4,6,9,13H,2,5,7-8,16H2,1H3,(H,17,18). The molecule has 1 aliphatic heterocycles. The van der Waals surface area contributed by atoms with Gasteiger partial charge in [-0.15, -0.1) is 0 Å². The van der Waals surface area contributed by atoms with Crippen molar-refractivity contribution in [3.05, 3.63) is 35.1 Å². The summed E-state index contributed by atoms with van der Waals surface area (Å²) in [6.45, 7) is 2.42. The Morgan fingerprint density at radius 3 is 2.89 bits per heavy atom. The highest BCUT2D eigenvalue weighted by Crippen LogP contribution is 2.19. The first-order valence-electron chi connectivity index (χ1n) is 6.50. The summed E-state index contributed by atoms with van der Waals surface area (Å²) in [7, 11) is 0. The Morgan fingerprint density at radius 1 is 1.53 bits per heavy atom. The topological polar surface area (TPSA) is 64.4 Å². The fourth-order valence-corrected chi connectivity index (χ4v) is 2.15. The van der Waals surface area contributed by atoms with Crippen molar-refractivity contribution < 1.29 is 13.9 Å². The average molecular weight is 266 g/mol. The van der Waals surface area contributed by atoms with E-state index in [1.165, 1.54) is 6.07 Å². The molecule has 0 radical (unpaired) electrons. The number of hydrogen-bond donors (Lipinski definition) is 2. The molecule has 1 fully saturated rings. The van der Waals surface area contributed by atoms with E-state index < -0.39 is 6.10 Å². The predicted octanol–water partition coefficient (Wildman–Crippen LogP) is 1.47. The van der Waals surface area contributed by atoms with Gasteiger partial charge in [-0.1, -0.05) is 12.1 Å². The maximum Gasteiger partial charge on any atom is 0.249 e. The molecule has 0 aromatic heterocycles. The third-order valence-electron chi connectivity index (χ3n) is 3.33. The summed E-state index contributed by atoms with van der Waals surface area (Å²) in [6, 6.07) is 4.81. The lowest BCUT2D eigenvalue weighted by Gasteiger charge is -2.12. The summed E-state index contributed by atoms with van der Waals surface area (Å²) in [5, 5.41) is 2.70. The van der Waals surface area contributed by atoms with Crippen LogP contribution in [0.5, 0.6) is 0 Å². The molecule has 1 aliphatic rings. The lowest BCUT2D eigenvalue weighted by Crippen LogP contribution is -2.34. The second-order valence-corrected chi connectivity index (χ2v) is 4.86. The van der Waals surface area contributed by atoms with Gasteiger partial charge in [0.1, 0.15) is 11.9 Å². The molecule has 5 heteroatoms. The van der Waals surface area contributed by atoms with Crippen LogP contribution < -0.4 is 11.1 Å². The quantitative estimate of drug-likeness (QED) is 0.867. The van der Waals surface area contributed by atoms with Crippen LogP contribution >= 0.6 is 0 Å². The van der Waals surface area contributed by atoms with Gasteiger partial charge in [-0.2, -0.15) is 0 Å². The summed E-state index contributed by atoms with van der Waals surface area (Å²) in [5.41, 5.74) is 6.63. The van der Waals surface area contributed by atoms with Crippen molar-refractivity contribution in [2.75, 3.05) is 0 Å². The van der Waals surface area contributed by atoms with Crippen LogP contribution in [0.1, 0.15) is 30.9 Å². The molecule has 2 unspecified atom stereocenters. The summed E-state index contributed by atoms with van der Waals surface area (Å²) >= 11 is 0. The number of ether oxygens (including phenoxy) is 1. The SMILES string of the molecule is CC1CCC(C(=O)NCc2ccc(CN)cc2F)O1. The Hall–Kier alpha value is -1.46. The predicted molar refractivity (Wildman–Crippen MR) is 69.7 cm³/mol. The first-order chi connectivity index (χ1) is 9.10. The van der Waals surface area contributed by atoms with Crippen molar-refractivity contribution in [1.82, 2.24) is 5.32 Å². The van der Waals surface area contributed by atoms with E-state index in [1.54, 1.807) is 12.1 Å². The number of amides is 1. The van der Waals surface area contributed by atoms with Crippen LogP contribution in [0.15, 0.2) is 18.2 Å². The molecule has 1 saturated heterocycles. The fraction of sp³-hybridized carbons (Fsp3) is 0.500. The number of carbonyl (C=O) groups is 1. The van der Waals surface area contributed by atoms with E-state index in [1.807, 2.05) is 6.92 Å². The first kappa shape index (κ1) is 14.0. The second-order valence-electron chi connectivity index (χ2n) is 4.86. The first-order valence-corrected chi connectivity index (χ1v) is 6.50. The Labute approximate surface area is 112 Å². The molecule has 2 rings (SSSR count). The molecule has 1 amide bonds. The Kier molecular flexibility index (Phi) is 4.50. The van der Waals surface area contributed by atoms with Gasteiger partial charge in [0, 0.05) is 18.7 Å². The summed E-state index contributed by atoms with van der Waals surface area (Å²) in [4.78, 5) is 11.8. The van der Waals surface area contributed by atoms with Crippen LogP contribution in [0.4, 0.5) is 4.39 Å². The molecular formula is C14H19FN2O2. The molecule has 3 N–H and O–H groups in total. The Balaban J connectivity index is 1.90. The zero-order valence-corrected chi connectivity index (χ0v) is 11.0. The molecule has 0 saturated carbocycles. The molecule has 2 atom stereocenters. The van der Waals surface area contributed by atoms with E-state index in [4.69, 9.17) is 10.5 Å². The minimum absolute atomic E-state index is 0.122. The second kappa shape index (κ2) is 6.12. The highest BCUT2D eigenvalue weighted by molar-refractivity contribution is 5.81. The van der Waals surface area contributed by atoms with Crippen molar-refractivity contribution in [3.8, 4) is 0 Å². The van der Waals surface area contributed by atoms with Crippen molar-refractivity contribution in [3.63, 3.8) is 0 Å². The Bertz CT molecular complexity index is 465. The largest absolute Gasteiger partial charge is 0.365 e. The van der Waals surface area contributed by atoms with E-state index >= 15 is 0 Å². The van der Waals surface area contributed by atoms with Gasteiger partial charge in [0.15, 0.2) is 0 Å². The maximum absolute atomic E-state index is 13.7. The number of rotatable bonds is 4. The molecule has 0 spiro atoms. The highest BCUT2D eigenvalue weighted by Gasteiger charge is 2.27. The highest BCUT2D eigenvalue weighted by atomic mass is 19.1. The monoisotopic (exact) mass is 266 g/mol.